The van der Waals surface area contributed by atoms with Gasteiger partial charge >= 0.3 is 0 Å². The van der Waals surface area contributed by atoms with E-state index in [0.29, 0.717) is 11.5 Å². The fourth-order valence-corrected chi connectivity index (χ4v) is 4.71. The predicted octanol–water partition coefficient (Wildman–Crippen LogP) is 5.97. The summed E-state index contributed by atoms with van der Waals surface area (Å²) in [7, 11) is 2.04. The molecule has 4 aromatic rings. The van der Waals surface area contributed by atoms with Crippen molar-refractivity contribution in [3.63, 3.8) is 0 Å². The van der Waals surface area contributed by atoms with Gasteiger partial charge in [0, 0.05) is 22.2 Å². The molecule has 0 fully saturated rings. The Labute approximate surface area is 190 Å². The van der Waals surface area contributed by atoms with E-state index in [1.807, 2.05) is 31.3 Å². The molecule has 0 spiro atoms. The number of halogens is 1. The molecule has 0 saturated heterocycles. The maximum atomic E-state index is 14.4. The molecule has 6 heteroatoms. The van der Waals surface area contributed by atoms with Gasteiger partial charge in [-0.1, -0.05) is 31.2 Å². The van der Waals surface area contributed by atoms with Crippen LogP contribution in [0.5, 0.6) is 11.5 Å². The van der Waals surface area contributed by atoms with E-state index in [-0.39, 0.29) is 17.1 Å². The summed E-state index contributed by atoms with van der Waals surface area (Å²) in [5.41, 5.74) is 1.60. The number of likely N-dealkylation sites (N-methyl/N-ethyl adjacent to an activating group) is 1. The summed E-state index contributed by atoms with van der Waals surface area (Å²) in [6.07, 6.45) is 0. The molecule has 164 valence electrons. The first-order chi connectivity index (χ1) is 15.5. The quantitative estimate of drug-likeness (QED) is 0.337. The van der Waals surface area contributed by atoms with Crippen molar-refractivity contribution in [2.45, 2.75) is 6.92 Å². The lowest BCUT2D eigenvalue weighted by atomic mass is 9.98. The third-order valence-corrected chi connectivity index (χ3v) is 6.57. The second kappa shape index (κ2) is 9.51. The third kappa shape index (κ3) is 4.52. The standard InChI is InChI=1S/C26H24FNO3S/c1-3-28(2)14-15-31-19-11-8-17(9-12-19)24-21-13-10-18(29)16-23(21)32-26(24)25(30)20-6-4-5-7-22(20)27/h4-13,16,29H,3,14-15H2,1-2H3. The zero-order valence-electron chi connectivity index (χ0n) is 18.0. The number of hydrogen-bond donors (Lipinski definition) is 1. The van der Waals surface area contributed by atoms with Gasteiger partial charge in [-0.3, -0.25) is 4.79 Å². The average Bonchev–Trinajstić information content (AvgIpc) is 3.17. The summed E-state index contributed by atoms with van der Waals surface area (Å²) < 4.78 is 21.0. The first-order valence-electron chi connectivity index (χ1n) is 10.4. The van der Waals surface area contributed by atoms with Gasteiger partial charge in [0.05, 0.1) is 10.4 Å². The number of ether oxygens (including phenoxy) is 1. The van der Waals surface area contributed by atoms with Gasteiger partial charge in [-0.2, -0.15) is 0 Å². The lowest BCUT2D eigenvalue weighted by Crippen LogP contribution is -2.23. The second-order valence-corrected chi connectivity index (χ2v) is 8.62. The summed E-state index contributed by atoms with van der Waals surface area (Å²) in [5, 5.41) is 10.8. The van der Waals surface area contributed by atoms with Gasteiger partial charge in [-0.05, 0) is 61.6 Å². The molecular formula is C26H24FNO3S. The molecule has 0 aliphatic carbocycles. The number of ketones is 1. The largest absolute Gasteiger partial charge is 0.508 e. The molecule has 0 aliphatic rings. The van der Waals surface area contributed by atoms with Crippen molar-refractivity contribution in [3.8, 4) is 22.6 Å². The van der Waals surface area contributed by atoms with Gasteiger partial charge in [0.2, 0.25) is 5.78 Å². The highest BCUT2D eigenvalue weighted by Gasteiger charge is 2.23. The van der Waals surface area contributed by atoms with E-state index in [2.05, 4.69) is 11.8 Å². The SMILES string of the molecule is CCN(C)CCOc1ccc(-c2c(C(=O)c3ccccc3F)sc3cc(O)ccc23)cc1. The van der Waals surface area contributed by atoms with E-state index in [9.17, 15) is 14.3 Å². The third-order valence-electron chi connectivity index (χ3n) is 5.42. The van der Waals surface area contributed by atoms with Crippen molar-refractivity contribution in [2.24, 2.45) is 0 Å². The topological polar surface area (TPSA) is 49.8 Å². The van der Waals surface area contributed by atoms with Crippen LogP contribution in [0.2, 0.25) is 0 Å². The number of nitrogens with zero attached hydrogens (tertiary/aromatic N) is 1. The first-order valence-corrected chi connectivity index (χ1v) is 11.3. The van der Waals surface area contributed by atoms with E-state index in [4.69, 9.17) is 4.74 Å². The molecular weight excluding hydrogens is 425 g/mol. The van der Waals surface area contributed by atoms with Crippen molar-refractivity contribution >= 4 is 27.2 Å². The highest BCUT2D eigenvalue weighted by molar-refractivity contribution is 7.21. The van der Waals surface area contributed by atoms with Crippen LogP contribution >= 0.6 is 11.3 Å². The monoisotopic (exact) mass is 449 g/mol. The van der Waals surface area contributed by atoms with Crippen LogP contribution in [0.25, 0.3) is 21.2 Å². The lowest BCUT2D eigenvalue weighted by Gasteiger charge is -2.14. The van der Waals surface area contributed by atoms with Crippen LogP contribution < -0.4 is 4.74 Å². The van der Waals surface area contributed by atoms with Crippen LogP contribution in [0, 0.1) is 5.82 Å². The zero-order valence-corrected chi connectivity index (χ0v) is 18.8. The number of phenolic OH excluding ortho intramolecular Hbond substituents is 1. The molecule has 1 aromatic heterocycles. The fourth-order valence-electron chi connectivity index (χ4n) is 3.49. The van der Waals surface area contributed by atoms with Crippen molar-refractivity contribution < 1.29 is 19.0 Å². The minimum absolute atomic E-state index is 0.0320. The van der Waals surface area contributed by atoms with Crippen molar-refractivity contribution in [3.05, 3.63) is 83.0 Å². The minimum Gasteiger partial charge on any atom is -0.508 e. The first kappa shape index (κ1) is 22.0. The van der Waals surface area contributed by atoms with Crippen LogP contribution in [-0.2, 0) is 0 Å². The Kier molecular flexibility index (Phi) is 6.53. The Hall–Kier alpha value is -3.22. The zero-order chi connectivity index (χ0) is 22.7. The Balaban J connectivity index is 1.72. The number of carbonyl (C=O) groups is 1. The van der Waals surface area contributed by atoms with E-state index in [0.717, 1.165) is 40.1 Å². The maximum Gasteiger partial charge on any atom is 0.206 e. The van der Waals surface area contributed by atoms with Crippen LogP contribution in [0.3, 0.4) is 0 Å². The van der Waals surface area contributed by atoms with Gasteiger partial charge in [0.15, 0.2) is 0 Å². The molecule has 4 nitrogen and oxygen atoms in total. The predicted molar refractivity (Wildman–Crippen MR) is 127 cm³/mol. The van der Waals surface area contributed by atoms with Gasteiger partial charge in [0.1, 0.15) is 23.9 Å². The maximum absolute atomic E-state index is 14.4. The number of aromatic hydroxyl groups is 1. The molecule has 0 aliphatic heterocycles. The minimum atomic E-state index is -0.551. The van der Waals surface area contributed by atoms with Gasteiger partial charge in [-0.15, -0.1) is 11.3 Å². The van der Waals surface area contributed by atoms with Gasteiger partial charge < -0.3 is 14.7 Å². The lowest BCUT2D eigenvalue weighted by molar-refractivity contribution is 0.103. The normalized spacial score (nSPS) is 11.2. The molecule has 1 N–H and O–H groups in total. The Morgan fingerprint density at radius 3 is 2.56 bits per heavy atom. The fraction of sp³-hybridized carbons (Fsp3) is 0.192. The number of thiophene rings is 1. The van der Waals surface area contributed by atoms with Crippen LogP contribution in [0.15, 0.2) is 66.7 Å². The van der Waals surface area contributed by atoms with E-state index >= 15 is 0 Å². The van der Waals surface area contributed by atoms with E-state index in [1.165, 1.54) is 23.5 Å². The van der Waals surface area contributed by atoms with Gasteiger partial charge in [-0.25, -0.2) is 4.39 Å². The smallest absolute Gasteiger partial charge is 0.206 e. The van der Waals surface area contributed by atoms with Gasteiger partial charge in [0.25, 0.3) is 0 Å². The van der Waals surface area contributed by atoms with Crippen molar-refractivity contribution in [1.82, 2.24) is 4.90 Å². The Bertz CT molecular complexity index is 1250. The van der Waals surface area contributed by atoms with E-state index < -0.39 is 5.82 Å². The Morgan fingerprint density at radius 2 is 1.84 bits per heavy atom. The summed E-state index contributed by atoms with van der Waals surface area (Å²) in [6, 6.07) is 18.6. The molecule has 4 rings (SSSR count). The molecule has 0 unspecified atom stereocenters. The number of phenols is 1. The van der Waals surface area contributed by atoms with Crippen LogP contribution in [0.4, 0.5) is 4.39 Å². The van der Waals surface area contributed by atoms with Crippen LogP contribution in [-0.4, -0.2) is 42.5 Å². The van der Waals surface area contributed by atoms with Crippen LogP contribution in [0.1, 0.15) is 22.2 Å². The number of carbonyl (C=O) groups excluding carboxylic acids is 1. The molecule has 3 aromatic carbocycles. The summed E-state index contributed by atoms with van der Waals surface area (Å²) in [6.45, 7) is 4.47. The summed E-state index contributed by atoms with van der Waals surface area (Å²) >= 11 is 1.26. The van der Waals surface area contributed by atoms with Crippen molar-refractivity contribution in [1.29, 1.82) is 0 Å². The molecule has 0 radical (unpaired) electrons. The van der Waals surface area contributed by atoms with E-state index in [1.54, 1.807) is 30.3 Å². The number of rotatable bonds is 8. The number of fused-ring (bicyclic) bond motifs is 1. The van der Waals surface area contributed by atoms with Crippen molar-refractivity contribution in [2.75, 3.05) is 26.7 Å². The summed E-state index contributed by atoms with van der Waals surface area (Å²) in [5.74, 6) is -0.0559. The second-order valence-electron chi connectivity index (χ2n) is 7.56. The molecule has 0 saturated carbocycles. The molecule has 0 amide bonds. The highest BCUT2D eigenvalue weighted by atomic mass is 32.1. The molecule has 0 atom stereocenters. The summed E-state index contributed by atoms with van der Waals surface area (Å²) in [4.78, 5) is 15.9. The highest BCUT2D eigenvalue weighted by Crippen LogP contribution is 2.41. The molecule has 1 heterocycles. The number of hydrogen-bond acceptors (Lipinski definition) is 5. The Morgan fingerprint density at radius 1 is 1.09 bits per heavy atom. The average molecular weight is 450 g/mol. The molecule has 32 heavy (non-hydrogen) atoms. The number of benzene rings is 3. The molecule has 0 bridgehead atoms.